The van der Waals surface area contributed by atoms with Crippen LogP contribution in [0.15, 0.2) is 47.4 Å². The first-order valence-corrected chi connectivity index (χ1v) is 8.61. The summed E-state index contributed by atoms with van der Waals surface area (Å²) in [4.78, 5) is 34.9. The average Bonchev–Trinajstić information content (AvgIpc) is 2.65. The lowest BCUT2D eigenvalue weighted by atomic mass is 10.2. The molecular weight excluding hydrogens is 360 g/mol. The predicted octanol–water partition coefficient (Wildman–Crippen LogP) is 3.12. The summed E-state index contributed by atoms with van der Waals surface area (Å²) >= 11 is 1.48. The summed E-state index contributed by atoms with van der Waals surface area (Å²) in [6.07, 6.45) is 1.88. The molecule has 0 saturated carbocycles. The molecule has 2 aromatic rings. The molecule has 0 spiro atoms. The first-order valence-electron chi connectivity index (χ1n) is 7.38. The zero-order valence-corrected chi connectivity index (χ0v) is 14.9. The highest BCUT2D eigenvalue weighted by molar-refractivity contribution is 7.98. The second kappa shape index (κ2) is 8.86. The van der Waals surface area contributed by atoms with Crippen LogP contribution in [0.5, 0.6) is 5.75 Å². The number of hydrogen-bond acceptors (Lipinski definition) is 7. The molecule has 0 radical (unpaired) electrons. The van der Waals surface area contributed by atoms with Crippen molar-refractivity contribution >= 4 is 35.0 Å². The number of thioether (sulfide) groups is 1. The van der Waals surface area contributed by atoms with Crippen molar-refractivity contribution in [3.63, 3.8) is 0 Å². The van der Waals surface area contributed by atoms with Gasteiger partial charge in [0.15, 0.2) is 12.4 Å². The smallest absolute Gasteiger partial charge is 0.338 e. The number of amides is 1. The number of carbonyl (C=O) groups is 2. The summed E-state index contributed by atoms with van der Waals surface area (Å²) in [7, 11) is 1.18. The summed E-state index contributed by atoms with van der Waals surface area (Å²) in [5, 5.41) is 13.9. The Morgan fingerprint density at radius 2 is 1.96 bits per heavy atom. The number of anilines is 1. The zero-order chi connectivity index (χ0) is 19.1. The van der Waals surface area contributed by atoms with Crippen LogP contribution in [0.2, 0.25) is 0 Å². The van der Waals surface area contributed by atoms with Crippen LogP contribution in [0.25, 0.3) is 0 Å². The molecule has 2 aromatic carbocycles. The Hall–Kier alpha value is -3.07. The van der Waals surface area contributed by atoms with E-state index in [0.29, 0.717) is 5.69 Å². The van der Waals surface area contributed by atoms with E-state index in [2.05, 4.69) is 10.1 Å². The summed E-state index contributed by atoms with van der Waals surface area (Å²) < 4.78 is 9.79. The van der Waals surface area contributed by atoms with Gasteiger partial charge in [0.1, 0.15) is 0 Å². The van der Waals surface area contributed by atoms with Gasteiger partial charge in [-0.05, 0) is 30.5 Å². The first-order chi connectivity index (χ1) is 12.5. The molecule has 8 nitrogen and oxygen atoms in total. The molecule has 9 heteroatoms. The van der Waals surface area contributed by atoms with Crippen molar-refractivity contribution in [2.24, 2.45) is 0 Å². The third kappa shape index (κ3) is 4.73. The molecule has 0 atom stereocenters. The van der Waals surface area contributed by atoms with Crippen molar-refractivity contribution in [3.8, 4) is 5.75 Å². The maximum Gasteiger partial charge on any atom is 0.338 e. The van der Waals surface area contributed by atoms with Crippen LogP contribution in [0.3, 0.4) is 0 Å². The highest BCUT2D eigenvalue weighted by atomic mass is 32.2. The number of nitrogens with zero attached hydrogens (tertiary/aromatic N) is 1. The number of esters is 1. The lowest BCUT2D eigenvalue weighted by Crippen LogP contribution is -2.20. The molecule has 1 N–H and O–H groups in total. The van der Waals surface area contributed by atoms with E-state index in [-0.39, 0.29) is 11.3 Å². The van der Waals surface area contributed by atoms with Gasteiger partial charge in [-0.3, -0.25) is 14.9 Å². The number of nitrogens with one attached hydrogen (secondary N) is 1. The van der Waals surface area contributed by atoms with E-state index in [1.54, 1.807) is 12.1 Å². The number of para-hydroxylation sites is 1. The van der Waals surface area contributed by atoms with Crippen LogP contribution in [0.4, 0.5) is 11.4 Å². The third-order valence-electron chi connectivity index (χ3n) is 3.32. The van der Waals surface area contributed by atoms with Gasteiger partial charge >= 0.3 is 11.7 Å². The number of hydrogen-bond donors (Lipinski definition) is 1. The number of benzene rings is 2. The predicted molar refractivity (Wildman–Crippen MR) is 96.8 cm³/mol. The molecule has 0 aliphatic carbocycles. The Bertz CT molecular complexity index is 840. The van der Waals surface area contributed by atoms with Crippen LogP contribution >= 0.6 is 11.8 Å². The minimum Gasteiger partial charge on any atom is -0.477 e. The largest absolute Gasteiger partial charge is 0.477 e. The molecule has 0 heterocycles. The van der Waals surface area contributed by atoms with Crippen molar-refractivity contribution in [1.82, 2.24) is 0 Å². The third-order valence-corrected chi connectivity index (χ3v) is 4.11. The fourth-order valence-corrected chi connectivity index (χ4v) is 2.66. The standard InChI is InChI=1S/C17H16N2O6S/c1-24-17(21)11-7-8-14(13(9-11)19(22)23)25-10-16(20)18-12-5-3-4-6-15(12)26-2/h3-9H,10H2,1-2H3,(H,18,20). The normalized spacial score (nSPS) is 10.1. The molecule has 0 saturated heterocycles. The molecule has 0 aromatic heterocycles. The summed E-state index contributed by atoms with van der Waals surface area (Å²) in [5.74, 6) is -1.28. The van der Waals surface area contributed by atoms with Crippen LogP contribution < -0.4 is 10.1 Å². The van der Waals surface area contributed by atoms with Gasteiger partial charge in [0.2, 0.25) is 0 Å². The molecular formula is C17H16N2O6S. The number of methoxy groups -OCH3 is 1. The Balaban J connectivity index is 2.09. The number of carbonyl (C=O) groups excluding carboxylic acids is 2. The second-order valence-electron chi connectivity index (χ2n) is 4.97. The molecule has 0 aliphatic rings. The molecule has 0 fully saturated rings. The van der Waals surface area contributed by atoms with Gasteiger partial charge in [-0.25, -0.2) is 4.79 Å². The van der Waals surface area contributed by atoms with Gasteiger partial charge in [-0.2, -0.15) is 0 Å². The molecule has 26 heavy (non-hydrogen) atoms. The van der Waals surface area contributed by atoms with Crippen LogP contribution in [0, 0.1) is 10.1 Å². The van der Waals surface area contributed by atoms with Gasteiger partial charge in [-0.1, -0.05) is 12.1 Å². The molecule has 2 rings (SSSR count). The minimum atomic E-state index is -0.703. The Kier molecular flexibility index (Phi) is 6.56. The lowest BCUT2D eigenvalue weighted by molar-refractivity contribution is -0.385. The molecule has 0 aliphatic heterocycles. The minimum absolute atomic E-state index is 0.0184. The fraction of sp³-hybridized carbons (Fsp3) is 0.176. The van der Waals surface area contributed by atoms with Gasteiger partial charge < -0.3 is 14.8 Å². The van der Waals surface area contributed by atoms with E-state index in [1.165, 1.54) is 31.0 Å². The van der Waals surface area contributed by atoms with Crippen molar-refractivity contribution < 1.29 is 24.0 Å². The van der Waals surface area contributed by atoms with Crippen LogP contribution in [-0.2, 0) is 9.53 Å². The molecule has 1 amide bonds. The topological polar surface area (TPSA) is 108 Å². The number of nitro groups is 1. The van der Waals surface area contributed by atoms with Crippen molar-refractivity contribution in [2.75, 3.05) is 25.3 Å². The van der Waals surface area contributed by atoms with Crippen LogP contribution in [-0.4, -0.2) is 36.8 Å². The Morgan fingerprint density at radius 1 is 1.23 bits per heavy atom. The molecule has 0 unspecified atom stereocenters. The van der Waals surface area contributed by atoms with Crippen molar-refractivity contribution in [2.45, 2.75) is 4.90 Å². The van der Waals surface area contributed by atoms with E-state index in [9.17, 15) is 19.7 Å². The summed E-state index contributed by atoms with van der Waals surface area (Å²) in [6.45, 7) is -0.416. The summed E-state index contributed by atoms with van der Waals surface area (Å²) in [6, 6.07) is 10.9. The van der Waals surface area contributed by atoms with Gasteiger partial charge in [0.05, 0.1) is 23.3 Å². The Labute approximate surface area is 153 Å². The van der Waals surface area contributed by atoms with Crippen molar-refractivity contribution in [1.29, 1.82) is 0 Å². The zero-order valence-electron chi connectivity index (χ0n) is 14.1. The maximum absolute atomic E-state index is 12.1. The number of rotatable bonds is 7. The second-order valence-corrected chi connectivity index (χ2v) is 5.82. The average molecular weight is 376 g/mol. The Morgan fingerprint density at radius 3 is 2.62 bits per heavy atom. The van der Waals surface area contributed by atoms with Gasteiger partial charge in [-0.15, -0.1) is 11.8 Å². The monoisotopic (exact) mass is 376 g/mol. The van der Waals surface area contributed by atoms with E-state index in [4.69, 9.17) is 4.74 Å². The van der Waals surface area contributed by atoms with Crippen LogP contribution in [0.1, 0.15) is 10.4 Å². The van der Waals surface area contributed by atoms with E-state index < -0.39 is 29.1 Å². The van der Waals surface area contributed by atoms with E-state index in [0.717, 1.165) is 11.0 Å². The summed E-state index contributed by atoms with van der Waals surface area (Å²) in [5.41, 5.74) is 0.222. The van der Waals surface area contributed by atoms with Gasteiger partial charge in [0.25, 0.3) is 5.91 Å². The number of nitro benzene ring substituents is 1. The number of ether oxygens (including phenoxy) is 2. The maximum atomic E-state index is 12.1. The highest BCUT2D eigenvalue weighted by Gasteiger charge is 2.20. The molecule has 0 bridgehead atoms. The van der Waals surface area contributed by atoms with Crippen molar-refractivity contribution in [3.05, 3.63) is 58.1 Å². The van der Waals surface area contributed by atoms with Gasteiger partial charge in [0, 0.05) is 11.0 Å². The first kappa shape index (κ1) is 19.3. The van der Waals surface area contributed by atoms with E-state index >= 15 is 0 Å². The fourth-order valence-electron chi connectivity index (χ4n) is 2.10. The highest BCUT2D eigenvalue weighted by Crippen LogP contribution is 2.28. The SMILES string of the molecule is COC(=O)c1ccc(OCC(=O)Nc2ccccc2SC)c([N+](=O)[O-])c1. The lowest BCUT2D eigenvalue weighted by Gasteiger charge is -2.10. The molecule has 136 valence electrons. The quantitative estimate of drug-likeness (QED) is 0.342. The van der Waals surface area contributed by atoms with E-state index in [1.807, 2.05) is 18.4 Å².